The Labute approximate surface area is 62.8 Å². The summed E-state index contributed by atoms with van der Waals surface area (Å²) in [5.41, 5.74) is 1.52. The van der Waals surface area contributed by atoms with Crippen molar-refractivity contribution >= 4 is 0 Å². The van der Waals surface area contributed by atoms with Crippen molar-refractivity contribution in [2.45, 2.75) is 25.8 Å². The maximum absolute atomic E-state index is 3.23. The largest absolute Gasteiger partial charge is 0.314 e. The zero-order chi connectivity index (χ0) is 7.40. The second-order valence-corrected chi connectivity index (χ2v) is 2.72. The summed E-state index contributed by atoms with van der Waals surface area (Å²) in [5, 5.41) is 3.23. The van der Waals surface area contributed by atoms with Crippen LogP contribution < -0.4 is 5.32 Å². The van der Waals surface area contributed by atoms with E-state index in [1.807, 2.05) is 7.05 Å². The fourth-order valence-corrected chi connectivity index (χ4v) is 1.17. The van der Waals surface area contributed by atoms with Gasteiger partial charge in [-0.25, -0.2) is 0 Å². The Balaban J connectivity index is 2.53. The van der Waals surface area contributed by atoms with E-state index >= 15 is 0 Å². The van der Waals surface area contributed by atoms with Crippen LogP contribution in [0.25, 0.3) is 0 Å². The molecule has 56 valence electrons. The lowest BCUT2D eigenvalue weighted by Crippen LogP contribution is -2.23. The summed E-state index contributed by atoms with van der Waals surface area (Å²) in [4.78, 5) is 0. The first-order valence-corrected chi connectivity index (χ1v) is 3.87. The van der Waals surface area contributed by atoms with E-state index in [-0.39, 0.29) is 0 Å². The Bertz CT molecular complexity index is 156. The number of rotatable bonds is 2. The first-order valence-electron chi connectivity index (χ1n) is 3.87. The number of hydrogen-bond acceptors (Lipinski definition) is 1. The van der Waals surface area contributed by atoms with E-state index in [9.17, 15) is 0 Å². The Morgan fingerprint density at radius 1 is 1.60 bits per heavy atom. The van der Waals surface area contributed by atoms with Crippen LogP contribution in [0.4, 0.5) is 0 Å². The van der Waals surface area contributed by atoms with E-state index in [1.54, 1.807) is 0 Å². The lowest BCUT2D eigenvalue weighted by Gasteiger charge is -2.15. The van der Waals surface area contributed by atoms with Crippen LogP contribution in [0.3, 0.4) is 0 Å². The van der Waals surface area contributed by atoms with E-state index in [1.165, 1.54) is 18.4 Å². The minimum absolute atomic E-state index is 0.546. The van der Waals surface area contributed by atoms with Gasteiger partial charge in [0.2, 0.25) is 0 Å². The third-order valence-corrected chi connectivity index (χ3v) is 2.04. The molecule has 0 aromatic carbocycles. The minimum atomic E-state index is 0.546. The fourth-order valence-electron chi connectivity index (χ4n) is 1.17. The van der Waals surface area contributed by atoms with Gasteiger partial charge in [-0.05, 0) is 26.8 Å². The van der Waals surface area contributed by atoms with Crippen LogP contribution in [-0.2, 0) is 0 Å². The molecule has 0 bridgehead atoms. The van der Waals surface area contributed by atoms with Crippen LogP contribution in [0.1, 0.15) is 19.8 Å². The topological polar surface area (TPSA) is 12.0 Å². The molecule has 1 aliphatic rings. The Kier molecular flexibility index (Phi) is 2.69. The van der Waals surface area contributed by atoms with Gasteiger partial charge in [0.25, 0.3) is 0 Å². The average molecular weight is 137 g/mol. The predicted molar refractivity (Wildman–Crippen MR) is 45.0 cm³/mol. The number of nitrogens with one attached hydrogen (secondary N) is 1. The van der Waals surface area contributed by atoms with Crippen LogP contribution >= 0.6 is 0 Å². The van der Waals surface area contributed by atoms with Crippen molar-refractivity contribution in [1.82, 2.24) is 5.32 Å². The van der Waals surface area contributed by atoms with Crippen molar-refractivity contribution in [1.29, 1.82) is 0 Å². The molecule has 0 saturated carbocycles. The second kappa shape index (κ2) is 3.57. The van der Waals surface area contributed by atoms with Crippen LogP contribution in [-0.4, -0.2) is 13.1 Å². The van der Waals surface area contributed by atoms with Gasteiger partial charge in [0, 0.05) is 6.04 Å². The molecule has 0 fully saturated rings. The molecule has 1 aliphatic carbocycles. The summed E-state index contributed by atoms with van der Waals surface area (Å²) < 4.78 is 0. The van der Waals surface area contributed by atoms with Gasteiger partial charge in [-0.1, -0.05) is 23.8 Å². The molecule has 1 unspecified atom stereocenters. The van der Waals surface area contributed by atoms with Gasteiger partial charge in [0.1, 0.15) is 0 Å². The highest BCUT2D eigenvalue weighted by atomic mass is 14.9. The normalized spacial score (nSPS) is 20.4. The third kappa shape index (κ3) is 1.71. The molecule has 1 nitrogen and oxygen atoms in total. The molecular formula is C9H15N. The molecule has 0 amide bonds. The van der Waals surface area contributed by atoms with Gasteiger partial charge >= 0.3 is 0 Å². The summed E-state index contributed by atoms with van der Waals surface area (Å²) in [6.07, 6.45) is 9.00. The Hall–Kier alpha value is -0.560. The molecule has 0 aromatic rings. The minimum Gasteiger partial charge on any atom is -0.314 e. The zero-order valence-corrected chi connectivity index (χ0v) is 6.72. The van der Waals surface area contributed by atoms with Crippen molar-refractivity contribution in [3.63, 3.8) is 0 Å². The molecule has 10 heavy (non-hydrogen) atoms. The van der Waals surface area contributed by atoms with E-state index in [0.717, 1.165) is 0 Å². The molecule has 0 aromatic heterocycles. The number of likely N-dealkylation sites (N-methyl/N-ethyl adjacent to an activating group) is 1. The van der Waals surface area contributed by atoms with E-state index in [2.05, 4.69) is 30.5 Å². The molecule has 0 spiro atoms. The SMILES string of the molecule is CNC(C)C1=CC=CCC1. The van der Waals surface area contributed by atoms with Gasteiger partial charge in [-0.15, -0.1) is 0 Å². The van der Waals surface area contributed by atoms with Gasteiger partial charge in [0.05, 0.1) is 0 Å². The lowest BCUT2D eigenvalue weighted by atomic mass is 9.99. The summed E-state index contributed by atoms with van der Waals surface area (Å²) in [5.74, 6) is 0. The summed E-state index contributed by atoms with van der Waals surface area (Å²) >= 11 is 0. The van der Waals surface area contributed by atoms with Crippen LogP contribution in [0.5, 0.6) is 0 Å². The molecule has 1 heteroatoms. The fraction of sp³-hybridized carbons (Fsp3) is 0.556. The molecule has 1 N–H and O–H groups in total. The molecule has 0 aliphatic heterocycles. The molecule has 0 radical (unpaired) electrons. The predicted octanol–water partition coefficient (Wildman–Crippen LogP) is 1.87. The summed E-state index contributed by atoms with van der Waals surface area (Å²) in [6.45, 7) is 2.20. The smallest absolute Gasteiger partial charge is 0.0251 e. The third-order valence-electron chi connectivity index (χ3n) is 2.04. The van der Waals surface area contributed by atoms with Gasteiger partial charge in [0.15, 0.2) is 0 Å². The first kappa shape index (κ1) is 7.55. The van der Waals surface area contributed by atoms with Gasteiger partial charge in [-0.3, -0.25) is 0 Å². The quantitative estimate of drug-likeness (QED) is 0.612. The zero-order valence-electron chi connectivity index (χ0n) is 6.72. The van der Waals surface area contributed by atoms with E-state index in [4.69, 9.17) is 0 Å². The van der Waals surface area contributed by atoms with Crippen molar-refractivity contribution in [2.75, 3.05) is 7.05 Å². The number of allylic oxidation sites excluding steroid dienone is 3. The second-order valence-electron chi connectivity index (χ2n) is 2.72. The Morgan fingerprint density at radius 3 is 2.90 bits per heavy atom. The first-order chi connectivity index (χ1) is 4.84. The van der Waals surface area contributed by atoms with Gasteiger partial charge in [-0.2, -0.15) is 0 Å². The van der Waals surface area contributed by atoms with E-state index in [0.29, 0.717) is 6.04 Å². The van der Waals surface area contributed by atoms with Crippen molar-refractivity contribution < 1.29 is 0 Å². The molecule has 1 atom stereocenters. The van der Waals surface area contributed by atoms with Gasteiger partial charge < -0.3 is 5.32 Å². The maximum atomic E-state index is 3.23. The lowest BCUT2D eigenvalue weighted by molar-refractivity contribution is 0.659. The standard InChI is InChI=1S/C9H15N/c1-8(10-2)9-6-4-3-5-7-9/h3-4,6,8,10H,5,7H2,1-2H3. The maximum Gasteiger partial charge on any atom is 0.0251 e. The van der Waals surface area contributed by atoms with Crippen molar-refractivity contribution in [3.05, 3.63) is 23.8 Å². The highest BCUT2D eigenvalue weighted by Gasteiger charge is 2.05. The summed E-state index contributed by atoms with van der Waals surface area (Å²) in [6, 6.07) is 0.546. The van der Waals surface area contributed by atoms with Crippen LogP contribution in [0.2, 0.25) is 0 Å². The molecular weight excluding hydrogens is 122 g/mol. The van der Waals surface area contributed by atoms with Crippen LogP contribution in [0, 0.1) is 0 Å². The molecule has 0 saturated heterocycles. The Morgan fingerprint density at radius 2 is 2.40 bits per heavy atom. The highest BCUT2D eigenvalue weighted by molar-refractivity contribution is 5.21. The average Bonchev–Trinajstić information content (AvgIpc) is 2.05. The van der Waals surface area contributed by atoms with Crippen LogP contribution in [0.15, 0.2) is 23.8 Å². The monoisotopic (exact) mass is 137 g/mol. The molecule has 1 rings (SSSR count). The van der Waals surface area contributed by atoms with E-state index < -0.39 is 0 Å². The molecule has 0 heterocycles. The van der Waals surface area contributed by atoms with Crippen molar-refractivity contribution in [3.8, 4) is 0 Å². The van der Waals surface area contributed by atoms with Crippen molar-refractivity contribution in [2.24, 2.45) is 0 Å². The summed E-state index contributed by atoms with van der Waals surface area (Å²) in [7, 11) is 2.00. The highest BCUT2D eigenvalue weighted by Crippen LogP contribution is 2.14. The number of hydrogen-bond donors (Lipinski definition) is 1.